The Balaban J connectivity index is 2.12. The smallest absolute Gasteiger partial charge is 0.338 e. The van der Waals surface area contributed by atoms with Crippen molar-refractivity contribution in [3.05, 3.63) is 28.8 Å². The van der Waals surface area contributed by atoms with Crippen molar-refractivity contribution in [1.82, 2.24) is 10.0 Å². The molecule has 1 saturated heterocycles. The summed E-state index contributed by atoms with van der Waals surface area (Å²) in [6.07, 6.45) is 0.481. The molecule has 1 aromatic rings. The fraction of sp³-hybridized carbons (Fsp3) is 0.529. The van der Waals surface area contributed by atoms with Gasteiger partial charge in [0.05, 0.1) is 16.7 Å². The molecule has 1 fully saturated rings. The number of ether oxygens (including phenoxy) is 2. The van der Waals surface area contributed by atoms with E-state index in [1.54, 1.807) is 6.92 Å². The number of benzene rings is 1. The minimum Gasteiger partial charge on any atom is -0.449 e. The van der Waals surface area contributed by atoms with Crippen LogP contribution in [-0.4, -0.2) is 52.2 Å². The Kier molecular flexibility index (Phi) is 7.60. The van der Waals surface area contributed by atoms with Gasteiger partial charge in [-0.1, -0.05) is 11.6 Å². The summed E-state index contributed by atoms with van der Waals surface area (Å²) in [6.45, 7) is 4.31. The van der Waals surface area contributed by atoms with E-state index in [1.165, 1.54) is 19.1 Å². The quantitative estimate of drug-likeness (QED) is 0.618. The fourth-order valence-corrected chi connectivity index (χ4v) is 4.11. The van der Waals surface area contributed by atoms with Gasteiger partial charge in [0.15, 0.2) is 6.10 Å². The third kappa shape index (κ3) is 5.90. The van der Waals surface area contributed by atoms with Crippen LogP contribution in [-0.2, 0) is 24.3 Å². The van der Waals surface area contributed by atoms with Crippen molar-refractivity contribution >= 4 is 33.5 Å². The number of halogens is 1. The number of likely N-dealkylation sites (N-methyl/N-ethyl adjacent to an activating group) is 1. The second kappa shape index (κ2) is 9.50. The molecule has 2 N–H and O–H groups in total. The van der Waals surface area contributed by atoms with Crippen LogP contribution in [0.3, 0.4) is 0 Å². The van der Waals surface area contributed by atoms with E-state index in [1.807, 2.05) is 0 Å². The lowest BCUT2D eigenvalue weighted by Gasteiger charge is -2.14. The Labute approximate surface area is 163 Å². The van der Waals surface area contributed by atoms with E-state index in [9.17, 15) is 18.0 Å². The number of hydrogen-bond donors (Lipinski definition) is 2. The van der Waals surface area contributed by atoms with Crippen molar-refractivity contribution in [3.63, 3.8) is 0 Å². The van der Waals surface area contributed by atoms with Crippen LogP contribution in [0.1, 0.15) is 37.0 Å². The van der Waals surface area contributed by atoms with Crippen molar-refractivity contribution in [2.75, 3.05) is 19.7 Å². The van der Waals surface area contributed by atoms with Crippen LogP contribution in [0.2, 0.25) is 5.02 Å². The minimum absolute atomic E-state index is 0.0203. The number of hydrogen-bond acceptors (Lipinski definition) is 6. The normalized spacial score (nSPS) is 18.1. The molecule has 1 amide bonds. The summed E-state index contributed by atoms with van der Waals surface area (Å²) in [6, 6.07) is 3.77. The molecule has 1 aliphatic heterocycles. The molecule has 0 aromatic heterocycles. The molecule has 0 unspecified atom stereocenters. The van der Waals surface area contributed by atoms with Gasteiger partial charge in [0.2, 0.25) is 10.0 Å². The maximum absolute atomic E-state index is 12.5. The lowest BCUT2D eigenvalue weighted by atomic mass is 10.2. The van der Waals surface area contributed by atoms with Gasteiger partial charge in [-0.3, -0.25) is 4.79 Å². The summed E-state index contributed by atoms with van der Waals surface area (Å²) in [7, 11) is -3.94. The Morgan fingerprint density at radius 3 is 2.78 bits per heavy atom. The second-order valence-electron chi connectivity index (χ2n) is 6.07. The molecule has 2 rings (SSSR count). The Hall–Kier alpha value is -1.68. The zero-order valence-electron chi connectivity index (χ0n) is 15.2. The van der Waals surface area contributed by atoms with Crippen molar-refractivity contribution < 1.29 is 27.5 Å². The zero-order chi connectivity index (χ0) is 20.0. The summed E-state index contributed by atoms with van der Waals surface area (Å²) in [5, 5.41) is 2.51. The first-order valence-corrected chi connectivity index (χ1v) is 10.5. The number of nitrogens with one attached hydrogen (secondary N) is 2. The van der Waals surface area contributed by atoms with Gasteiger partial charge < -0.3 is 14.8 Å². The molecule has 0 aliphatic carbocycles. The van der Waals surface area contributed by atoms with Gasteiger partial charge in [-0.2, -0.15) is 0 Å². The van der Waals surface area contributed by atoms with E-state index in [4.69, 9.17) is 21.1 Å². The van der Waals surface area contributed by atoms with Crippen LogP contribution in [0.5, 0.6) is 0 Å². The lowest BCUT2D eigenvalue weighted by Crippen LogP contribution is -2.35. The van der Waals surface area contributed by atoms with Crippen LogP contribution in [0.15, 0.2) is 23.1 Å². The number of sulfonamides is 1. The average Bonchev–Trinajstić information content (AvgIpc) is 3.14. The third-order valence-corrected chi connectivity index (χ3v) is 5.89. The molecule has 1 aliphatic rings. The summed E-state index contributed by atoms with van der Waals surface area (Å²) < 4.78 is 38.0. The summed E-state index contributed by atoms with van der Waals surface area (Å²) in [5.41, 5.74) is -0.0203. The van der Waals surface area contributed by atoms with Crippen LogP contribution in [0, 0.1) is 0 Å². The van der Waals surface area contributed by atoms with Gasteiger partial charge in [0, 0.05) is 19.7 Å². The molecule has 0 spiro atoms. The number of amides is 1. The van der Waals surface area contributed by atoms with E-state index >= 15 is 0 Å². The molecule has 150 valence electrons. The van der Waals surface area contributed by atoms with Crippen LogP contribution in [0.4, 0.5) is 0 Å². The van der Waals surface area contributed by atoms with Crippen LogP contribution < -0.4 is 10.0 Å². The van der Waals surface area contributed by atoms with Crippen molar-refractivity contribution in [3.8, 4) is 0 Å². The first-order chi connectivity index (χ1) is 12.7. The second-order valence-corrected chi connectivity index (χ2v) is 8.22. The predicted octanol–water partition coefficient (Wildman–Crippen LogP) is 1.48. The van der Waals surface area contributed by atoms with Gasteiger partial charge in [-0.25, -0.2) is 17.9 Å². The molecule has 1 heterocycles. The number of carbonyl (C=O) groups is 2. The third-order valence-electron chi connectivity index (χ3n) is 3.99. The zero-order valence-corrected chi connectivity index (χ0v) is 16.7. The summed E-state index contributed by atoms with van der Waals surface area (Å²) >= 11 is 6.01. The molecule has 8 nitrogen and oxygen atoms in total. The molecule has 0 bridgehead atoms. The number of esters is 1. The summed E-state index contributed by atoms with van der Waals surface area (Å²) in [5.74, 6) is -1.26. The van der Waals surface area contributed by atoms with E-state index in [0.717, 1.165) is 18.9 Å². The maximum atomic E-state index is 12.5. The molecule has 0 saturated carbocycles. The average molecular weight is 419 g/mol. The topological polar surface area (TPSA) is 111 Å². The van der Waals surface area contributed by atoms with Gasteiger partial charge in [-0.05, 0) is 44.9 Å². The molecule has 27 heavy (non-hydrogen) atoms. The number of carbonyl (C=O) groups excluding carboxylic acids is 2. The van der Waals surface area contributed by atoms with Crippen molar-refractivity contribution in [1.29, 1.82) is 0 Å². The molecule has 1 aromatic carbocycles. The Morgan fingerprint density at radius 1 is 1.41 bits per heavy atom. The maximum Gasteiger partial charge on any atom is 0.338 e. The standard InChI is InChI=1S/C17H23ClN2O6S/c1-3-19-16(21)11(2)26-17(22)12-6-7-14(18)15(9-12)27(23,24)20-10-13-5-4-8-25-13/h6-7,9,11,13,20H,3-5,8,10H2,1-2H3,(H,19,21)/t11-,13+/m1/s1. The van der Waals surface area contributed by atoms with Gasteiger partial charge in [-0.15, -0.1) is 0 Å². The van der Waals surface area contributed by atoms with Gasteiger partial charge in [0.25, 0.3) is 5.91 Å². The van der Waals surface area contributed by atoms with Gasteiger partial charge in [0.1, 0.15) is 4.90 Å². The highest BCUT2D eigenvalue weighted by molar-refractivity contribution is 7.89. The van der Waals surface area contributed by atoms with E-state index in [0.29, 0.717) is 13.2 Å². The molecular weight excluding hydrogens is 396 g/mol. The lowest BCUT2D eigenvalue weighted by molar-refractivity contribution is -0.128. The highest BCUT2D eigenvalue weighted by atomic mass is 35.5. The molecular formula is C17H23ClN2O6S. The molecule has 10 heteroatoms. The SMILES string of the molecule is CCNC(=O)[C@@H](C)OC(=O)c1ccc(Cl)c(S(=O)(=O)NC[C@@H]2CCCO2)c1. The monoisotopic (exact) mass is 418 g/mol. The first kappa shape index (κ1) is 21.6. The van der Waals surface area contributed by atoms with Gasteiger partial charge >= 0.3 is 5.97 Å². The predicted molar refractivity (Wildman–Crippen MR) is 99.2 cm³/mol. The van der Waals surface area contributed by atoms with E-state index in [-0.39, 0.29) is 28.1 Å². The highest BCUT2D eigenvalue weighted by Crippen LogP contribution is 2.23. The van der Waals surface area contributed by atoms with Crippen LogP contribution in [0.25, 0.3) is 0 Å². The largest absolute Gasteiger partial charge is 0.449 e. The van der Waals surface area contributed by atoms with Crippen molar-refractivity contribution in [2.24, 2.45) is 0 Å². The molecule has 2 atom stereocenters. The molecule has 0 radical (unpaired) electrons. The summed E-state index contributed by atoms with van der Waals surface area (Å²) in [4.78, 5) is 23.7. The number of rotatable bonds is 8. The first-order valence-electron chi connectivity index (χ1n) is 8.64. The Morgan fingerprint density at radius 2 is 2.15 bits per heavy atom. The Bertz CT molecular complexity index is 793. The van der Waals surface area contributed by atoms with E-state index < -0.39 is 28.0 Å². The minimum atomic E-state index is -3.94. The fourth-order valence-electron chi connectivity index (χ4n) is 2.52. The highest BCUT2D eigenvalue weighted by Gasteiger charge is 2.25. The van der Waals surface area contributed by atoms with Crippen molar-refractivity contribution in [2.45, 2.75) is 43.8 Å². The van der Waals surface area contributed by atoms with E-state index in [2.05, 4.69) is 10.0 Å². The van der Waals surface area contributed by atoms with Crippen LogP contribution >= 0.6 is 11.6 Å².